The number of hydrogen-bond acceptors (Lipinski definition) is 9. The number of nitrogens with one attached hydrogen (secondary N) is 1. The largest absolute Gasteiger partial charge is 0.508 e. The van der Waals surface area contributed by atoms with Crippen LogP contribution in [0.5, 0.6) is 11.8 Å². The van der Waals surface area contributed by atoms with Crippen LogP contribution < -0.4 is 15.0 Å². The Morgan fingerprint density at radius 1 is 1.15 bits per heavy atom. The third kappa shape index (κ3) is 6.68. The van der Waals surface area contributed by atoms with Crippen LogP contribution in [0.4, 0.5) is 19.0 Å². The lowest BCUT2D eigenvalue weighted by molar-refractivity contribution is -0.134. The molecule has 4 aliphatic rings. The van der Waals surface area contributed by atoms with Crippen LogP contribution in [0.25, 0.3) is 32.9 Å². The number of aromatic nitrogens is 3. The van der Waals surface area contributed by atoms with Crippen molar-refractivity contribution in [3.05, 3.63) is 60.3 Å². The zero-order chi connectivity index (χ0) is 38.4. The van der Waals surface area contributed by atoms with Crippen molar-refractivity contribution < 1.29 is 32.6 Å². The number of anilines is 1. The minimum absolute atomic E-state index is 0.0559. The second-order valence-electron chi connectivity index (χ2n) is 15.1. The van der Waals surface area contributed by atoms with E-state index in [2.05, 4.69) is 32.7 Å². The number of pyridine rings is 1. The number of nitrogens with zero attached hydrogens (tertiary/aromatic N) is 6. The molecule has 11 nitrogen and oxygen atoms in total. The van der Waals surface area contributed by atoms with Gasteiger partial charge in [0.2, 0.25) is 11.8 Å². The number of phenolic OH excluding ortho intramolecular Hbond substituents is 1. The third-order valence-electron chi connectivity index (χ3n) is 11.7. The lowest BCUT2D eigenvalue weighted by Crippen LogP contribution is -2.56. The number of rotatable bonds is 11. The maximum atomic E-state index is 17.1. The minimum Gasteiger partial charge on any atom is -0.508 e. The molecule has 0 spiro atoms. The number of amides is 2. The molecular formula is C41H42F3N7O4. The van der Waals surface area contributed by atoms with E-state index in [9.17, 15) is 23.5 Å². The van der Waals surface area contributed by atoms with Crippen LogP contribution in [-0.4, -0.2) is 105 Å². The fourth-order valence-electron chi connectivity index (χ4n) is 9.21. The van der Waals surface area contributed by atoms with E-state index in [1.807, 2.05) is 9.80 Å². The number of hydrogen-bond donors (Lipinski definition) is 2. The molecule has 286 valence electrons. The molecule has 4 unspecified atom stereocenters. The van der Waals surface area contributed by atoms with E-state index in [0.717, 1.165) is 32.2 Å². The molecule has 6 heterocycles. The van der Waals surface area contributed by atoms with Crippen LogP contribution in [0.2, 0.25) is 0 Å². The Balaban J connectivity index is 1.14. The number of piperazine rings is 1. The van der Waals surface area contributed by atoms with Crippen molar-refractivity contribution >= 4 is 39.3 Å². The Morgan fingerprint density at radius 2 is 1.95 bits per heavy atom. The molecule has 2 N–H and O–H groups in total. The van der Waals surface area contributed by atoms with Crippen LogP contribution in [0.1, 0.15) is 56.9 Å². The van der Waals surface area contributed by atoms with Crippen molar-refractivity contribution in [1.29, 1.82) is 0 Å². The van der Waals surface area contributed by atoms with Crippen molar-refractivity contribution in [2.75, 3.05) is 44.2 Å². The van der Waals surface area contributed by atoms with Gasteiger partial charge in [0.1, 0.15) is 41.4 Å². The first kappa shape index (κ1) is 36.6. The van der Waals surface area contributed by atoms with Gasteiger partial charge in [-0.1, -0.05) is 18.6 Å². The van der Waals surface area contributed by atoms with Gasteiger partial charge in [-0.25, -0.2) is 13.2 Å². The van der Waals surface area contributed by atoms with Gasteiger partial charge in [-0.05, 0) is 74.7 Å². The molecule has 4 saturated heterocycles. The first-order chi connectivity index (χ1) is 26.6. The van der Waals surface area contributed by atoms with Gasteiger partial charge < -0.3 is 25.0 Å². The van der Waals surface area contributed by atoms with Crippen molar-refractivity contribution in [1.82, 2.24) is 30.1 Å². The van der Waals surface area contributed by atoms with Gasteiger partial charge in [0, 0.05) is 68.3 Å². The average molecular weight is 754 g/mol. The molecule has 2 bridgehead atoms. The van der Waals surface area contributed by atoms with Crippen LogP contribution in [0.3, 0.4) is 0 Å². The standard InChI is InChI=1S/C41H42F3N7O4/c1-3-29-32(43)12-9-24-16-28(52)17-30(35(24)29)37-36(44)38-31(19-46-37)39(48-40(47-38)55-23-41-13-7-15-50(41)20-25(42)18-41)49-21-26-10-11-27(22-49)51(26)34(54)8-5-6-14-45-33(53)4-2/h1,4,9,12,16-17,19,25-27,52H,2,5-8,10-11,13-15,18,20-23H2,(H,45,53). The summed E-state index contributed by atoms with van der Waals surface area (Å²) in [5.41, 5.74) is -0.782. The number of carbonyl (C=O) groups excluding carboxylic acids is 2. The van der Waals surface area contributed by atoms with Crippen LogP contribution >= 0.6 is 0 Å². The zero-order valence-corrected chi connectivity index (χ0v) is 30.4. The summed E-state index contributed by atoms with van der Waals surface area (Å²) in [5.74, 6) is 0.877. The number of ether oxygens (including phenoxy) is 1. The van der Waals surface area contributed by atoms with E-state index in [0.29, 0.717) is 68.5 Å². The number of carbonyl (C=O) groups is 2. The highest BCUT2D eigenvalue weighted by Crippen LogP contribution is 2.42. The topological polar surface area (TPSA) is 124 Å². The number of benzene rings is 2. The maximum absolute atomic E-state index is 17.1. The number of aromatic hydroxyl groups is 1. The van der Waals surface area contributed by atoms with E-state index in [1.165, 1.54) is 36.5 Å². The molecular weight excluding hydrogens is 711 g/mol. The van der Waals surface area contributed by atoms with E-state index in [4.69, 9.17) is 16.1 Å². The van der Waals surface area contributed by atoms with E-state index in [1.54, 1.807) is 0 Å². The van der Waals surface area contributed by atoms with Crippen molar-refractivity contribution in [3.8, 4) is 35.4 Å². The van der Waals surface area contributed by atoms with Crippen molar-refractivity contribution in [3.63, 3.8) is 0 Å². The summed E-state index contributed by atoms with van der Waals surface area (Å²) in [6.45, 7) is 6.04. The molecule has 14 heteroatoms. The van der Waals surface area contributed by atoms with Gasteiger partial charge in [-0.15, -0.1) is 6.42 Å². The Hall–Kier alpha value is -5.42. The Bertz CT molecular complexity index is 2230. The van der Waals surface area contributed by atoms with Crippen LogP contribution in [-0.2, 0) is 9.59 Å². The molecule has 0 saturated carbocycles. The quantitative estimate of drug-likeness (QED) is 0.118. The Kier molecular flexibility index (Phi) is 9.75. The number of alkyl halides is 1. The summed E-state index contributed by atoms with van der Waals surface area (Å²) in [5, 5.41) is 14.3. The lowest BCUT2D eigenvalue weighted by atomic mass is 9.95. The molecule has 0 radical (unpaired) electrons. The van der Waals surface area contributed by atoms with Gasteiger partial charge in [0.15, 0.2) is 5.82 Å². The molecule has 4 aliphatic heterocycles. The molecule has 4 fully saturated rings. The molecule has 55 heavy (non-hydrogen) atoms. The summed E-state index contributed by atoms with van der Waals surface area (Å²) in [4.78, 5) is 44.9. The van der Waals surface area contributed by atoms with E-state index in [-0.39, 0.29) is 70.0 Å². The fourth-order valence-corrected chi connectivity index (χ4v) is 9.21. The maximum Gasteiger partial charge on any atom is 0.319 e. The molecule has 2 amide bonds. The van der Waals surface area contributed by atoms with Gasteiger partial charge in [-0.2, -0.15) is 9.97 Å². The van der Waals surface area contributed by atoms with Gasteiger partial charge in [0.05, 0.1) is 16.5 Å². The summed E-state index contributed by atoms with van der Waals surface area (Å²) < 4.78 is 52.9. The highest BCUT2D eigenvalue weighted by molar-refractivity contribution is 6.03. The fraction of sp³-hybridized carbons (Fsp3) is 0.439. The molecule has 4 atom stereocenters. The second kappa shape index (κ2) is 14.7. The monoisotopic (exact) mass is 753 g/mol. The lowest BCUT2D eigenvalue weighted by Gasteiger charge is -2.42. The summed E-state index contributed by atoms with van der Waals surface area (Å²) in [6, 6.07) is 5.10. The smallest absolute Gasteiger partial charge is 0.319 e. The van der Waals surface area contributed by atoms with Gasteiger partial charge in [-0.3, -0.25) is 19.5 Å². The van der Waals surface area contributed by atoms with Gasteiger partial charge in [0.25, 0.3) is 0 Å². The summed E-state index contributed by atoms with van der Waals surface area (Å²) in [6.07, 6.45) is 12.7. The third-order valence-corrected chi connectivity index (χ3v) is 11.7. The van der Waals surface area contributed by atoms with Crippen molar-refractivity contribution in [2.45, 2.75) is 75.2 Å². The molecule has 8 rings (SSSR count). The number of fused-ring (bicyclic) bond motifs is 5. The number of unbranched alkanes of at least 4 members (excludes halogenated alkanes) is 1. The molecule has 2 aromatic heterocycles. The summed E-state index contributed by atoms with van der Waals surface area (Å²) in [7, 11) is 0. The molecule has 0 aliphatic carbocycles. The predicted molar refractivity (Wildman–Crippen MR) is 201 cm³/mol. The number of terminal acetylenes is 1. The number of phenols is 1. The highest BCUT2D eigenvalue weighted by atomic mass is 19.1. The van der Waals surface area contributed by atoms with Crippen LogP contribution in [0.15, 0.2) is 43.1 Å². The Morgan fingerprint density at radius 3 is 2.71 bits per heavy atom. The molecule has 4 aromatic rings. The Labute approximate surface area is 316 Å². The second-order valence-corrected chi connectivity index (χ2v) is 15.1. The first-order valence-corrected chi connectivity index (χ1v) is 18.9. The van der Waals surface area contributed by atoms with E-state index >= 15 is 4.39 Å². The van der Waals surface area contributed by atoms with Crippen LogP contribution in [0, 0.1) is 24.0 Å². The summed E-state index contributed by atoms with van der Waals surface area (Å²) >= 11 is 0. The molecule has 2 aromatic carbocycles. The normalized spacial score (nSPS) is 23.3. The predicted octanol–water partition coefficient (Wildman–Crippen LogP) is 5.42. The first-order valence-electron chi connectivity index (χ1n) is 18.9. The van der Waals surface area contributed by atoms with Gasteiger partial charge >= 0.3 is 6.01 Å². The highest BCUT2D eigenvalue weighted by Gasteiger charge is 2.49. The average Bonchev–Trinajstić information content (AvgIpc) is 3.79. The minimum atomic E-state index is -0.967. The van der Waals surface area contributed by atoms with Crippen molar-refractivity contribution in [2.24, 2.45) is 0 Å². The SMILES string of the molecule is C#Cc1c(F)ccc2cc(O)cc(-c3ncc4c(N5CC6CCC(C5)N6C(=O)CCCCNC(=O)C=C)nc(OCC56CCCN5CC(F)C6)nc4c3F)c12. The van der Waals surface area contributed by atoms with E-state index < -0.39 is 23.3 Å². The number of halogens is 3. The zero-order valence-electron chi connectivity index (χ0n) is 30.4.